The van der Waals surface area contributed by atoms with E-state index in [4.69, 9.17) is 4.74 Å². The number of ether oxygens (including phenoxy) is 1. The first-order chi connectivity index (χ1) is 15.6. The summed E-state index contributed by atoms with van der Waals surface area (Å²) >= 11 is 0. The highest BCUT2D eigenvalue weighted by Crippen LogP contribution is 2.30. The summed E-state index contributed by atoms with van der Waals surface area (Å²) in [7, 11) is 3.55. The second kappa shape index (κ2) is 12.0. The lowest BCUT2D eigenvalue weighted by Crippen LogP contribution is -2.44. The van der Waals surface area contributed by atoms with E-state index in [9.17, 15) is 4.79 Å². The van der Waals surface area contributed by atoms with E-state index in [1.54, 1.807) is 12.0 Å². The monoisotopic (exact) mass is 437 g/mol. The van der Waals surface area contributed by atoms with Crippen molar-refractivity contribution in [2.24, 2.45) is 4.99 Å². The zero-order valence-corrected chi connectivity index (χ0v) is 19.4. The predicted molar refractivity (Wildman–Crippen MR) is 130 cm³/mol. The van der Waals surface area contributed by atoms with Crippen LogP contribution in [0.1, 0.15) is 25.3 Å². The fraction of sp³-hybridized carbons (Fsp3) is 0.440. The Labute approximate surface area is 191 Å². The Morgan fingerprint density at radius 2 is 1.94 bits per heavy atom. The lowest BCUT2D eigenvalue weighted by molar-refractivity contribution is -0.130. The molecule has 0 aliphatic carbocycles. The number of hydrogen-bond donors (Lipinski definition) is 2. The zero-order chi connectivity index (χ0) is 22.8. The van der Waals surface area contributed by atoms with Crippen LogP contribution in [0.25, 0.3) is 0 Å². The highest BCUT2D eigenvalue weighted by Gasteiger charge is 2.25. The van der Waals surface area contributed by atoms with Crippen LogP contribution in [0.4, 0.5) is 5.69 Å². The Morgan fingerprint density at radius 3 is 2.69 bits per heavy atom. The molecule has 1 atom stereocenters. The molecule has 1 amide bonds. The summed E-state index contributed by atoms with van der Waals surface area (Å²) < 4.78 is 5.51. The minimum atomic E-state index is 0.0941. The molecule has 1 aliphatic rings. The molecule has 2 aromatic carbocycles. The molecular formula is C25H35N5O2. The average molecular weight is 438 g/mol. The average Bonchev–Trinajstić information content (AvgIpc) is 3.28. The molecule has 2 aromatic rings. The van der Waals surface area contributed by atoms with Gasteiger partial charge in [-0.3, -0.25) is 9.79 Å². The van der Waals surface area contributed by atoms with E-state index >= 15 is 0 Å². The summed E-state index contributed by atoms with van der Waals surface area (Å²) in [6.07, 6.45) is 1.40. The molecule has 1 aliphatic heterocycles. The number of anilines is 1. The molecule has 0 aromatic heterocycles. The van der Waals surface area contributed by atoms with Crippen molar-refractivity contribution < 1.29 is 9.53 Å². The Morgan fingerprint density at radius 1 is 1.19 bits per heavy atom. The van der Waals surface area contributed by atoms with E-state index in [-0.39, 0.29) is 11.9 Å². The van der Waals surface area contributed by atoms with Crippen LogP contribution in [0.3, 0.4) is 0 Å². The van der Waals surface area contributed by atoms with Gasteiger partial charge in [-0.25, -0.2) is 0 Å². The summed E-state index contributed by atoms with van der Waals surface area (Å²) in [6, 6.07) is 18.4. The van der Waals surface area contributed by atoms with Crippen molar-refractivity contribution in [2.75, 3.05) is 45.2 Å². The van der Waals surface area contributed by atoms with Crippen LogP contribution in [0.15, 0.2) is 59.6 Å². The molecule has 0 radical (unpaired) electrons. The molecule has 1 fully saturated rings. The van der Waals surface area contributed by atoms with Gasteiger partial charge in [-0.05, 0) is 31.0 Å². The van der Waals surface area contributed by atoms with Crippen molar-refractivity contribution in [2.45, 2.75) is 32.4 Å². The Balaban J connectivity index is 1.50. The van der Waals surface area contributed by atoms with Crippen molar-refractivity contribution in [3.8, 4) is 5.75 Å². The normalized spacial score (nSPS) is 16.0. The van der Waals surface area contributed by atoms with Gasteiger partial charge in [0.2, 0.25) is 5.91 Å². The maximum Gasteiger partial charge on any atom is 0.224 e. The number of para-hydroxylation sites is 2. The lowest BCUT2D eigenvalue weighted by Gasteiger charge is -2.22. The number of benzene rings is 2. The topological polar surface area (TPSA) is 69.2 Å². The number of hydrogen-bond acceptors (Lipinski definition) is 4. The van der Waals surface area contributed by atoms with Crippen molar-refractivity contribution in [3.05, 3.63) is 60.2 Å². The third-order valence-electron chi connectivity index (χ3n) is 5.58. The summed E-state index contributed by atoms with van der Waals surface area (Å²) in [6.45, 7) is 5.73. The molecule has 0 bridgehead atoms. The highest BCUT2D eigenvalue weighted by molar-refractivity contribution is 5.81. The first-order valence-electron chi connectivity index (χ1n) is 11.3. The number of nitrogens with one attached hydrogen (secondary N) is 2. The van der Waals surface area contributed by atoms with E-state index in [1.165, 1.54) is 0 Å². The number of guanidine groups is 1. The van der Waals surface area contributed by atoms with E-state index in [1.807, 2.05) is 62.5 Å². The first-order valence-corrected chi connectivity index (χ1v) is 11.3. The van der Waals surface area contributed by atoms with Gasteiger partial charge in [0.1, 0.15) is 5.75 Å². The lowest BCUT2D eigenvalue weighted by atomic mass is 10.2. The van der Waals surface area contributed by atoms with Gasteiger partial charge in [-0.15, -0.1) is 0 Å². The molecule has 7 heteroatoms. The first kappa shape index (κ1) is 23.4. The number of amides is 1. The molecule has 7 nitrogen and oxygen atoms in total. The van der Waals surface area contributed by atoms with Crippen LogP contribution >= 0.6 is 0 Å². The largest absolute Gasteiger partial charge is 0.495 e. The summed E-state index contributed by atoms with van der Waals surface area (Å²) in [5.74, 6) is 1.75. The fourth-order valence-electron chi connectivity index (χ4n) is 3.90. The predicted octanol–water partition coefficient (Wildman–Crippen LogP) is 2.88. The molecule has 1 saturated heterocycles. The van der Waals surface area contributed by atoms with Gasteiger partial charge in [-0.2, -0.15) is 0 Å². The van der Waals surface area contributed by atoms with Crippen molar-refractivity contribution >= 4 is 17.6 Å². The molecule has 0 saturated carbocycles. The number of carbonyl (C=O) groups is 1. The maximum atomic E-state index is 12.5. The molecule has 32 heavy (non-hydrogen) atoms. The number of nitrogens with zero attached hydrogens (tertiary/aromatic N) is 3. The van der Waals surface area contributed by atoms with Crippen molar-refractivity contribution in [3.63, 3.8) is 0 Å². The van der Waals surface area contributed by atoms with Gasteiger partial charge in [0.05, 0.1) is 19.3 Å². The van der Waals surface area contributed by atoms with E-state index in [0.717, 1.165) is 49.0 Å². The van der Waals surface area contributed by atoms with Crippen molar-refractivity contribution in [1.29, 1.82) is 0 Å². The van der Waals surface area contributed by atoms with Crippen LogP contribution in [-0.4, -0.2) is 63.1 Å². The minimum Gasteiger partial charge on any atom is -0.495 e. The third-order valence-corrected chi connectivity index (χ3v) is 5.58. The second-order valence-corrected chi connectivity index (χ2v) is 7.99. The SMILES string of the molecule is CCNC(=NCCC(=O)N(C)Cc1ccccc1)NC1CCN(c2ccccc2OC)C1. The quantitative estimate of drug-likeness (QED) is 0.466. The summed E-state index contributed by atoms with van der Waals surface area (Å²) in [4.78, 5) is 21.2. The zero-order valence-electron chi connectivity index (χ0n) is 19.4. The number of methoxy groups -OCH3 is 1. The number of aliphatic imine (C=N–C) groups is 1. The number of carbonyl (C=O) groups excluding carboxylic acids is 1. The molecule has 1 unspecified atom stereocenters. The van der Waals surface area contributed by atoms with E-state index in [2.05, 4.69) is 26.6 Å². The van der Waals surface area contributed by atoms with Crippen LogP contribution in [0.5, 0.6) is 5.75 Å². The molecular weight excluding hydrogens is 402 g/mol. The van der Waals surface area contributed by atoms with Gasteiger partial charge in [0.15, 0.2) is 5.96 Å². The Hall–Kier alpha value is -3.22. The van der Waals surface area contributed by atoms with Gasteiger partial charge >= 0.3 is 0 Å². The maximum absolute atomic E-state index is 12.5. The second-order valence-electron chi connectivity index (χ2n) is 7.99. The molecule has 2 N–H and O–H groups in total. The standard InChI is InChI=1S/C25H35N5O2/c1-4-26-25(27-16-14-24(31)29(2)18-20-10-6-5-7-11-20)28-21-15-17-30(19-21)22-12-8-9-13-23(22)32-3/h5-13,21H,4,14-19H2,1-3H3,(H2,26,27,28). The summed E-state index contributed by atoms with van der Waals surface area (Å²) in [5.41, 5.74) is 2.25. The van der Waals surface area contributed by atoms with Gasteiger partial charge < -0.3 is 25.2 Å². The van der Waals surface area contributed by atoms with E-state index < -0.39 is 0 Å². The molecule has 1 heterocycles. The molecule has 3 rings (SSSR count). The molecule has 172 valence electrons. The number of rotatable bonds is 9. The van der Waals surface area contributed by atoms with Gasteiger partial charge in [0, 0.05) is 45.7 Å². The van der Waals surface area contributed by atoms with Crippen LogP contribution in [0, 0.1) is 0 Å². The Kier molecular flexibility index (Phi) is 8.78. The van der Waals surface area contributed by atoms with Crippen LogP contribution < -0.4 is 20.3 Å². The van der Waals surface area contributed by atoms with Crippen LogP contribution in [0.2, 0.25) is 0 Å². The smallest absolute Gasteiger partial charge is 0.224 e. The Bertz CT molecular complexity index is 887. The third kappa shape index (κ3) is 6.64. The highest BCUT2D eigenvalue weighted by atomic mass is 16.5. The van der Waals surface area contributed by atoms with Crippen molar-refractivity contribution in [1.82, 2.24) is 15.5 Å². The fourth-order valence-corrected chi connectivity index (χ4v) is 3.90. The van der Waals surface area contributed by atoms with E-state index in [0.29, 0.717) is 19.5 Å². The minimum absolute atomic E-state index is 0.0941. The summed E-state index contributed by atoms with van der Waals surface area (Å²) in [5, 5.41) is 6.83. The van der Waals surface area contributed by atoms with Crippen LogP contribution in [-0.2, 0) is 11.3 Å². The van der Waals surface area contributed by atoms with Gasteiger partial charge in [0.25, 0.3) is 0 Å². The van der Waals surface area contributed by atoms with Gasteiger partial charge in [-0.1, -0.05) is 42.5 Å². The molecule has 0 spiro atoms.